The number of benzene rings is 1. The monoisotopic (exact) mass is 459 g/mol. The summed E-state index contributed by atoms with van der Waals surface area (Å²) in [6.45, 7) is 1.96. The predicted octanol–water partition coefficient (Wildman–Crippen LogP) is 3.68. The summed E-state index contributed by atoms with van der Waals surface area (Å²) in [5.74, 6) is -0.174. The first-order chi connectivity index (χ1) is 16.1. The Hall–Kier alpha value is -3.85. The molecule has 3 amide bonds. The molecule has 1 saturated heterocycles. The van der Waals surface area contributed by atoms with Gasteiger partial charge < -0.3 is 10.2 Å². The molecular weight excluding hydrogens is 436 g/mol. The van der Waals surface area contributed by atoms with Crippen molar-refractivity contribution in [2.45, 2.75) is 13.1 Å². The van der Waals surface area contributed by atoms with Gasteiger partial charge in [-0.2, -0.15) is 4.98 Å². The third-order valence-electron chi connectivity index (χ3n) is 5.72. The number of fused-ring (bicyclic) bond motifs is 1. The fourth-order valence-corrected chi connectivity index (χ4v) is 5.44. The molecule has 0 spiro atoms. The van der Waals surface area contributed by atoms with Gasteiger partial charge in [0.05, 0.1) is 25.0 Å². The molecule has 1 aromatic carbocycles. The number of hydrogen-bond donors (Lipinski definition) is 1. The normalized spacial score (nSPS) is 14.2. The van der Waals surface area contributed by atoms with Crippen LogP contribution in [0, 0.1) is 0 Å². The topological polar surface area (TPSA) is 91.3 Å². The Balaban J connectivity index is 1.29. The van der Waals surface area contributed by atoms with Crippen LogP contribution in [0.2, 0.25) is 0 Å². The number of aromatic nitrogens is 3. The summed E-state index contributed by atoms with van der Waals surface area (Å²) in [4.78, 5) is 43.0. The van der Waals surface area contributed by atoms with E-state index in [0.29, 0.717) is 36.2 Å². The second kappa shape index (κ2) is 8.95. The third-order valence-corrected chi connectivity index (χ3v) is 7.54. The van der Waals surface area contributed by atoms with E-state index >= 15 is 0 Å². The van der Waals surface area contributed by atoms with Crippen molar-refractivity contribution in [3.05, 3.63) is 83.4 Å². The van der Waals surface area contributed by atoms with Gasteiger partial charge in [-0.1, -0.05) is 30.3 Å². The van der Waals surface area contributed by atoms with Crippen molar-refractivity contribution < 1.29 is 9.59 Å². The maximum Gasteiger partial charge on any atom is 0.351 e. The highest BCUT2D eigenvalue weighted by Gasteiger charge is 2.38. The molecule has 1 unspecified atom stereocenters. The minimum atomic E-state index is -0.584. The van der Waals surface area contributed by atoms with E-state index in [1.165, 1.54) is 0 Å². The van der Waals surface area contributed by atoms with Gasteiger partial charge >= 0.3 is 17.1 Å². The van der Waals surface area contributed by atoms with Gasteiger partial charge in [0.2, 0.25) is 0 Å². The minimum absolute atomic E-state index is 0.103. The molecule has 8 nitrogen and oxygen atoms in total. The third kappa shape index (κ3) is 4.14. The minimum Gasteiger partial charge on any atom is -0.344 e. The Labute approximate surface area is 193 Å². The molecule has 0 bridgehead atoms. The second-order valence-corrected chi connectivity index (χ2v) is 9.62. The van der Waals surface area contributed by atoms with Crippen LogP contribution in [0.15, 0.2) is 67.3 Å². The van der Waals surface area contributed by atoms with Crippen LogP contribution in [0.5, 0.6) is 0 Å². The SMILES string of the molecule is C[s+]1c(C(=O)NCc2cccnc2)cnc1N1CCN(Cc2nccc3ccccc23)C1=O. The molecule has 4 heterocycles. The van der Waals surface area contributed by atoms with Crippen LogP contribution in [-0.4, -0.2) is 44.9 Å². The first-order valence-corrected chi connectivity index (χ1v) is 12.2. The van der Waals surface area contributed by atoms with E-state index in [1.54, 1.807) is 34.6 Å². The number of nitrogens with one attached hydrogen (secondary N) is 1. The smallest absolute Gasteiger partial charge is 0.344 e. The van der Waals surface area contributed by atoms with Gasteiger partial charge in [0.15, 0.2) is 0 Å². The van der Waals surface area contributed by atoms with Gasteiger partial charge in [-0.3, -0.25) is 14.8 Å². The lowest BCUT2D eigenvalue weighted by atomic mass is 10.1. The number of carbonyl (C=O) groups is 2. The number of thiazole rings is 1. The molecular formula is C24H23N6O2S+. The van der Waals surface area contributed by atoms with Crippen molar-refractivity contribution in [1.82, 2.24) is 25.2 Å². The lowest BCUT2D eigenvalue weighted by Crippen LogP contribution is -2.32. The number of carbonyl (C=O) groups excluding carboxylic acids is 2. The Bertz CT molecular complexity index is 1320. The summed E-state index contributed by atoms with van der Waals surface area (Å²) in [5, 5.41) is 5.71. The zero-order chi connectivity index (χ0) is 22.8. The van der Waals surface area contributed by atoms with Crippen LogP contribution < -0.4 is 10.2 Å². The Morgan fingerprint density at radius 1 is 1.06 bits per heavy atom. The van der Waals surface area contributed by atoms with Crippen molar-refractivity contribution in [3.63, 3.8) is 0 Å². The highest BCUT2D eigenvalue weighted by molar-refractivity contribution is 7.34. The van der Waals surface area contributed by atoms with Crippen molar-refractivity contribution in [2.24, 2.45) is 6.26 Å². The van der Waals surface area contributed by atoms with Gasteiger partial charge in [-0.15, -0.1) is 0 Å². The van der Waals surface area contributed by atoms with Crippen molar-refractivity contribution in [2.75, 3.05) is 18.0 Å². The van der Waals surface area contributed by atoms with E-state index in [0.717, 1.165) is 22.0 Å². The number of amides is 3. The van der Waals surface area contributed by atoms with Gasteiger partial charge in [-0.25, -0.2) is 9.69 Å². The standard InChI is InChI=1S/C24H22N6O2S/c1-33-21(22(31)27-14-17-5-4-9-25-13-17)15-28-23(33)30-12-11-29(24(30)32)16-20-19-7-3-2-6-18(19)8-10-26-20/h2-10,13,15H,11-12,14,16H2,1H3/p+1. The predicted molar refractivity (Wildman–Crippen MR) is 128 cm³/mol. The van der Waals surface area contributed by atoms with Crippen molar-refractivity contribution >= 4 is 38.3 Å². The molecule has 0 radical (unpaired) electrons. The van der Waals surface area contributed by atoms with E-state index in [9.17, 15) is 9.59 Å². The van der Waals surface area contributed by atoms with Crippen LogP contribution >= 0.6 is 10.5 Å². The summed E-state index contributed by atoms with van der Waals surface area (Å²) < 4.78 is 0. The van der Waals surface area contributed by atoms with Crippen molar-refractivity contribution in [3.8, 4) is 0 Å². The van der Waals surface area contributed by atoms with E-state index in [1.807, 2.05) is 48.7 Å². The van der Waals surface area contributed by atoms with Gasteiger partial charge in [0.25, 0.3) is 4.88 Å². The number of hydrogen-bond acceptors (Lipinski definition) is 5. The van der Waals surface area contributed by atoms with Crippen LogP contribution in [0.1, 0.15) is 20.9 Å². The van der Waals surface area contributed by atoms with Gasteiger partial charge in [0.1, 0.15) is 6.26 Å². The maximum atomic E-state index is 13.2. The molecule has 1 fully saturated rings. The average molecular weight is 460 g/mol. The van der Waals surface area contributed by atoms with Gasteiger partial charge in [-0.05, 0) is 23.1 Å². The first kappa shape index (κ1) is 21.0. The molecule has 4 aromatic rings. The van der Waals surface area contributed by atoms with E-state index < -0.39 is 10.5 Å². The number of rotatable bonds is 6. The van der Waals surface area contributed by atoms with Gasteiger partial charge in [0, 0.05) is 47.5 Å². The zero-order valence-electron chi connectivity index (χ0n) is 18.1. The summed E-state index contributed by atoms with van der Waals surface area (Å²) in [5.41, 5.74) is 1.80. The largest absolute Gasteiger partial charge is 0.351 e. The molecule has 5 rings (SSSR count). The summed E-state index contributed by atoms with van der Waals surface area (Å²) in [6.07, 6.45) is 8.71. The van der Waals surface area contributed by atoms with Crippen LogP contribution in [0.3, 0.4) is 0 Å². The Morgan fingerprint density at radius 3 is 2.79 bits per heavy atom. The summed E-state index contributed by atoms with van der Waals surface area (Å²) in [7, 11) is -0.584. The highest BCUT2D eigenvalue weighted by atomic mass is 32.2. The first-order valence-electron chi connectivity index (χ1n) is 10.6. The maximum absolute atomic E-state index is 13.2. The lowest BCUT2D eigenvalue weighted by Gasteiger charge is -2.16. The summed E-state index contributed by atoms with van der Waals surface area (Å²) >= 11 is 0. The number of anilines is 1. The number of pyridine rings is 2. The molecule has 9 heteroatoms. The number of urea groups is 1. The molecule has 1 aliphatic heterocycles. The molecule has 0 aliphatic carbocycles. The molecule has 3 aromatic heterocycles. The number of nitrogens with zero attached hydrogens (tertiary/aromatic N) is 5. The van der Waals surface area contributed by atoms with Crippen molar-refractivity contribution in [1.29, 1.82) is 0 Å². The van der Waals surface area contributed by atoms with E-state index in [2.05, 4.69) is 20.3 Å². The molecule has 1 aliphatic rings. The molecule has 166 valence electrons. The summed E-state index contributed by atoms with van der Waals surface area (Å²) in [6, 6.07) is 13.7. The molecule has 33 heavy (non-hydrogen) atoms. The lowest BCUT2D eigenvalue weighted by molar-refractivity contribution is 0.0954. The van der Waals surface area contributed by atoms with Crippen LogP contribution in [0.25, 0.3) is 10.8 Å². The van der Waals surface area contributed by atoms with Crippen LogP contribution in [-0.2, 0) is 19.3 Å². The molecule has 1 atom stereocenters. The van der Waals surface area contributed by atoms with Crippen LogP contribution in [0.4, 0.5) is 9.93 Å². The Morgan fingerprint density at radius 2 is 1.94 bits per heavy atom. The fraction of sp³-hybridized carbons (Fsp3) is 0.208. The fourth-order valence-electron chi connectivity index (χ4n) is 3.97. The molecule has 0 saturated carbocycles. The highest BCUT2D eigenvalue weighted by Crippen LogP contribution is 2.35. The quantitative estimate of drug-likeness (QED) is 0.444. The zero-order valence-corrected chi connectivity index (χ0v) is 19.0. The van der Waals surface area contributed by atoms with E-state index in [-0.39, 0.29) is 11.9 Å². The Kier molecular flexibility index (Phi) is 5.70. The molecule has 1 N–H and O–H groups in total. The second-order valence-electron chi connectivity index (χ2n) is 7.79. The average Bonchev–Trinajstić information content (AvgIpc) is 3.40. The van der Waals surface area contributed by atoms with E-state index in [4.69, 9.17) is 0 Å².